The Morgan fingerprint density at radius 3 is 2.83 bits per heavy atom. The molecule has 1 atom stereocenters. The molecule has 0 spiro atoms. The van der Waals surface area contributed by atoms with Crippen LogP contribution in [0.2, 0.25) is 0 Å². The number of nitrogens with one attached hydrogen (secondary N) is 1. The van der Waals surface area contributed by atoms with E-state index in [-0.39, 0.29) is 0 Å². The van der Waals surface area contributed by atoms with E-state index in [0.29, 0.717) is 35.9 Å². The highest BCUT2D eigenvalue weighted by Gasteiger charge is 2.20. The van der Waals surface area contributed by atoms with Crippen LogP contribution in [-0.2, 0) is 4.74 Å². The van der Waals surface area contributed by atoms with E-state index in [1.165, 1.54) is 7.11 Å². The normalized spacial score (nSPS) is 14.1. The first kappa shape index (κ1) is 15.1. The molecule has 0 aliphatic carbocycles. The molecule has 6 nitrogen and oxygen atoms in total. The first-order valence-corrected chi connectivity index (χ1v) is 6.29. The summed E-state index contributed by atoms with van der Waals surface area (Å²) < 4.78 is 10.7. The minimum atomic E-state index is -0.875. The number of hydrogen-bond acceptors (Lipinski definition) is 6. The van der Waals surface area contributed by atoms with Crippen LogP contribution in [0.25, 0.3) is 0 Å². The lowest BCUT2D eigenvalue weighted by Gasteiger charge is -2.23. The van der Waals surface area contributed by atoms with Crippen molar-refractivity contribution in [3.05, 3.63) is 10.7 Å². The van der Waals surface area contributed by atoms with Crippen molar-refractivity contribution in [1.29, 1.82) is 0 Å². The van der Waals surface area contributed by atoms with Gasteiger partial charge in [-0.1, -0.05) is 0 Å². The van der Waals surface area contributed by atoms with Crippen LogP contribution in [0.1, 0.15) is 13.3 Å². The van der Waals surface area contributed by atoms with E-state index < -0.39 is 5.60 Å². The second-order valence-electron chi connectivity index (χ2n) is 4.14. The molecule has 0 saturated heterocycles. The molecule has 2 N–H and O–H groups in total. The molecule has 7 heteroatoms. The van der Waals surface area contributed by atoms with Gasteiger partial charge in [-0.2, -0.15) is 4.98 Å². The van der Waals surface area contributed by atoms with Crippen LogP contribution in [0.3, 0.4) is 0 Å². The molecule has 0 aromatic carbocycles. The molecule has 0 fully saturated rings. The Hall–Kier alpha value is -0.920. The molecular formula is C11H18BrN3O3. The highest BCUT2D eigenvalue weighted by atomic mass is 79.9. The summed E-state index contributed by atoms with van der Waals surface area (Å²) in [5.41, 5.74) is -0.875. The summed E-state index contributed by atoms with van der Waals surface area (Å²) in [6.07, 6.45) is 2.13. The van der Waals surface area contributed by atoms with Crippen molar-refractivity contribution in [2.24, 2.45) is 0 Å². The Balaban J connectivity index is 2.57. The summed E-state index contributed by atoms with van der Waals surface area (Å²) in [4.78, 5) is 8.22. The van der Waals surface area contributed by atoms with Crippen molar-refractivity contribution >= 4 is 21.9 Å². The molecule has 1 rings (SSSR count). The zero-order valence-electron chi connectivity index (χ0n) is 10.7. The average Bonchev–Trinajstić information content (AvgIpc) is 2.35. The summed E-state index contributed by atoms with van der Waals surface area (Å²) in [6, 6.07) is 0. The molecule has 0 aliphatic rings. The van der Waals surface area contributed by atoms with E-state index in [1.54, 1.807) is 20.2 Å². The fourth-order valence-corrected chi connectivity index (χ4v) is 1.61. The highest BCUT2D eigenvalue weighted by Crippen LogP contribution is 2.22. The summed E-state index contributed by atoms with van der Waals surface area (Å²) in [7, 11) is 3.14. The SMILES string of the molecule is COCCC(C)(O)CNc1ncc(Br)c(OC)n1. The average molecular weight is 320 g/mol. The third-order valence-electron chi connectivity index (χ3n) is 2.38. The summed E-state index contributed by atoms with van der Waals surface area (Å²) >= 11 is 3.27. The van der Waals surface area contributed by atoms with Gasteiger partial charge in [0.25, 0.3) is 0 Å². The number of ether oxygens (including phenoxy) is 2. The van der Waals surface area contributed by atoms with Crippen LogP contribution in [-0.4, -0.2) is 48.0 Å². The van der Waals surface area contributed by atoms with Gasteiger partial charge in [0.1, 0.15) is 0 Å². The lowest BCUT2D eigenvalue weighted by Crippen LogP contribution is -2.35. The maximum atomic E-state index is 10.0. The first-order valence-electron chi connectivity index (χ1n) is 5.50. The summed E-state index contributed by atoms with van der Waals surface area (Å²) in [5, 5.41) is 13.0. The molecule has 0 amide bonds. The van der Waals surface area contributed by atoms with Gasteiger partial charge < -0.3 is 19.9 Å². The Morgan fingerprint density at radius 1 is 1.50 bits per heavy atom. The van der Waals surface area contributed by atoms with E-state index in [9.17, 15) is 5.11 Å². The van der Waals surface area contributed by atoms with Crippen LogP contribution in [0.4, 0.5) is 5.95 Å². The van der Waals surface area contributed by atoms with Crippen LogP contribution in [0.15, 0.2) is 10.7 Å². The second-order valence-corrected chi connectivity index (χ2v) is 5.00. The second kappa shape index (κ2) is 6.86. The zero-order chi connectivity index (χ0) is 13.6. The lowest BCUT2D eigenvalue weighted by molar-refractivity contribution is 0.0356. The van der Waals surface area contributed by atoms with Gasteiger partial charge in [0, 0.05) is 26.7 Å². The molecule has 0 bridgehead atoms. The van der Waals surface area contributed by atoms with Gasteiger partial charge in [-0.3, -0.25) is 0 Å². The van der Waals surface area contributed by atoms with E-state index in [0.717, 1.165) is 0 Å². The third-order valence-corrected chi connectivity index (χ3v) is 2.92. The van der Waals surface area contributed by atoms with E-state index in [4.69, 9.17) is 9.47 Å². The smallest absolute Gasteiger partial charge is 0.232 e. The standard InChI is InChI=1S/C11H18BrN3O3/c1-11(16,4-5-17-2)7-14-10-13-6-8(12)9(15-10)18-3/h6,16H,4-5,7H2,1-3H3,(H,13,14,15). The van der Waals surface area contributed by atoms with Crippen LogP contribution >= 0.6 is 15.9 Å². The highest BCUT2D eigenvalue weighted by molar-refractivity contribution is 9.10. The molecule has 18 heavy (non-hydrogen) atoms. The molecule has 0 aliphatic heterocycles. The quantitative estimate of drug-likeness (QED) is 0.792. The fourth-order valence-electron chi connectivity index (χ4n) is 1.26. The molecule has 1 unspecified atom stereocenters. The van der Waals surface area contributed by atoms with Crippen LogP contribution in [0.5, 0.6) is 5.88 Å². The third kappa shape index (κ3) is 4.75. The number of anilines is 1. The number of aromatic nitrogens is 2. The first-order chi connectivity index (χ1) is 8.48. The maximum absolute atomic E-state index is 10.0. The number of methoxy groups -OCH3 is 2. The maximum Gasteiger partial charge on any atom is 0.232 e. The number of halogens is 1. The molecule has 1 aromatic heterocycles. The predicted molar refractivity (Wildman–Crippen MR) is 71.9 cm³/mol. The van der Waals surface area contributed by atoms with Crippen LogP contribution in [0, 0.1) is 0 Å². The topological polar surface area (TPSA) is 76.5 Å². The lowest BCUT2D eigenvalue weighted by atomic mass is 10.0. The Morgan fingerprint density at radius 2 is 2.22 bits per heavy atom. The van der Waals surface area contributed by atoms with E-state index in [2.05, 4.69) is 31.2 Å². The van der Waals surface area contributed by atoms with Crippen LogP contribution < -0.4 is 10.1 Å². The molecule has 1 aromatic rings. The molecule has 102 valence electrons. The van der Waals surface area contributed by atoms with Crippen molar-refractivity contribution in [2.75, 3.05) is 32.7 Å². The van der Waals surface area contributed by atoms with Gasteiger partial charge in [-0.25, -0.2) is 4.98 Å². The fraction of sp³-hybridized carbons (Fsp3) is 0.636. The van der Waals surface area contributed by atoms with Gasteiger partial charge in [0.2, 0.25) is 11.8 Å². The molecule has 1 heterocycles. The number of nitrogens with zero attached hydrogens (tertiary/aromatic N) is 2. The Bertz CT molecular complexity index is 388. The van der Waals surface area contributed by atoms with Gasteiger partial charge in [0.05, 0.1) is 23.4 Å². The van der Waals surface area contributed by atoms with E-state index >= 15 is 0 Å². The van der Waals surface area contributed by atoms with E-state index in [1.807, 2.05) is 0 Å². The number of rotatable bonds is 7. The Labute approximate surface area is 115 Å². The largest absolute Gasteiger partial charge is 0.480 e. The minimum absolute atomic E-state index is 0.334. The minimum Gasteiger partial charge on any atom is -0.480 e. The number of hydrogen-bond donors (Lipinski definition) is 2. The summed E-state index contributed by atoms with van der Waals surface area (Å²) in [5.74, 6) is 0.858. The molecule has 0 radical (unpaired) electrons. The Kier molecular flexibility index (Phi) is 5.77. The van der Waals surface area contributed by atoms with Gasteiger partial charge in [0.15, 0.2) is 0 Å². The van der Waals surface area contributed by atoms with Crippen molar-refractivity contribution in [2.45, 2.75) is 18.9 Å². The van der Waals surface area contributed by atoms with Gasteiger partial charge in [-0.15, -0.1) is 0 Å². The monoisotopic (exact) mass is 319 g/mol. The van der Waals surface area contributed by atoms with Crippen molar-refractivity contribution in [1.82, 2.24) is 9.97 Å². The zero-order valence-corrected chi connectivity index (χ0v) is 12.3. The van der Waals surface area contributed by atoms with Gasteiger partial charge in [-0.05, 0) is 22.9 Å². The van der Waals surface area contributed by atoms with Crippen molar-refractivity contribution < 1.29 is 14.6 Å². The molecular weight excluding hydrogens is 302 g/mol. The summed E-state index contributed by atoms with van der Waals surface area (Å²) in [6.45, 7) is 2.56. The predicted octanol–water partition coefficient (Wildman–Crippen LogP) is 1.45. The van der Waals surface area contributed by atoms with Crippen molar-refractivity contribution in [3.8, 4) is 5.88 Å². The number of aliphatic hydroxyl groups is 1. The van der Waals surface area contributed by atoms with Gasteiger partial charge >= 0.3 is 0 Å². The van der Waals surface area contributed by atoms with Crippen molar-refractivity contribution in [3.63, 3.8) is 0 Å². The molecule has 0 saturated carbocycles.